The van der Waals surface area contributed by atoms with Crippen molar-refractivity contribution in [2.45, 2.75) is 11.1 Å². The number of amides is 1. The number of fused-ring (bicyclic) bond motifs is 1. The molecule has 0 spiro atoms. The van der Waals surface area contributed by atoms with E-state index in [-0.39, 0.29) is 4.21 Å². The van der Waals surface area contributed by atoms with Crippen LogP contribution in [0.3, 0.4) is 0 Å². The summed E-state index contributed by atoms with van der Waals surface area (Å²) < 4.78 is 32.6. The Balaban J connectivity index is 0.000000182. The van der Waals surface area contributed by atoms with Gasteiger partial charge in [0.25, 0.3) is 0 Å². The third-order valence-corrected chi connectivity index (χ3v) is 8.82. The SMILES string of the molecule is CN1CCN(c2ccc(Br)c(C(N)=O)c2)CC1.Cc1c(S(=O)(=O)O)sc2ccc(Cl)cc12. The number of primary amides is 1. The monoisotopic (exact) mass is 559 g/mol. The molecule has 1 aliphatic rings. The van der Waals surface area contributed by atoms with Crippen molar-refractivity contribution in [3.8, 4) is 0 Å². The highest BCUT2D eigenvalue weighted by atomic mass is 79.9. The van der Waals surface area contributed by atoms with Crippen molar-refractivity contribution in [1.29, 1.82) is 0 Å². The molecule has 11 heteroatoms. The van der Waals surface area contributed by atoms with Gasteiger partial charge in [-0.1, -0.05) is 11.6 Å². The predicted molar refractivity (Wildman–Crippen MR) is 134 cm³/mol. The number of benzene rings is 2. The Morgan fingerprint density at radius 3 is 2.41 bits per heavy atom. The topological polar surface area (TPSA) is 104 Å². The average Bonchev–Trinajstić information content (AvgIpc) is 3.06. The van der Waals surface area contributed by atoms with Crippen LogP contribution in [0.2, 0.25) is 5.02 Å². The maximum absolute atomic E-state index is 11.3. The van der Waals surface area contributed by atoms with Gasteiger partial charge >= 0.3 is 10.1 Å². The van der Waals surface area contributed by atoms with Crippen LogP contribution in [0.25, 0.3) is 10.1 Å². The standard InChI is InChI=1S/C12H16BrN3O.C9H7ClO3S2/c1-15-4-6-16(7-5-15)9-2-3-11(13)10(8-9)12(14)17;1-5-7-4-6(10)2-3-8(7)14-9(5)15(11,12)13/h2-3,8H,4-7H2,1H3,(H2,14,17);2-4H,1H3,(H,11,12,13). The van der Waals surface area contributed by atoms with Crippen molar-refractivity contribution >= 4 is 70.7 Å². The molecule has 0 bridgehead atoms. The number of aryl methyl sites for hydroxylation is 1. The Bertz CT molecular complexity index is 1260. The number of rotatable bonds is 3. The molecule has 1 saturated heterocycles. The van der Waals surface area contributed by atoms with Crippen LogP contribution in [-0.4, -0.2) is 57.0 Å². The summed E-state index contributed by atoms with van der Waals surface area (Å²) >= 11 is 10.2. The number of hydrogen-bond donors (Lipinski definition) is 2. The Morgan fingerprint density at radius 2 is 1.81 bits per heavy atom. The van der Waals surface area contributed by atoms with Crippen molar-refractivity contribution < 1.29 is 17.8 Å². The fourth-order valence-electron chi connectivity index (χ4n) is 3.38. The van der Waals surface area contributed by atoms with Crippen LogP contribution in [0.1, 0.15) is 15.9 Å². The number of carbonyl (C=O) groups is 1. The maximum Gasteiger partial charge on any atom is 0.304 e. The van der Waals surface area contributed by atoms with Gasteiger partial charge in [0.05, 0.1) is 5.56 Å². The number of carbonyl (C=O) groups excluding carboxylic acids is 1. The average molecular weight is 561 g/mol. The van der Waals surface area contributed by atoms with Gasteiger partial charge in [0, 0.05) is 46.1 Å². The summed E-state index contributed by atoms with van der Waals surface area (Å²) in [6.07, 6.45) is 0. The lowest BCUT2D eigenvalue weighted by Crippen LogP contribution is -2.44. The van der Waals surface area contributed by atoms with Crippen LogP contribution in [0.4, 0.5) is 5.69 Å². The number of halogens is 2. The molecule has 3 N–H and O–H groups in total. The van der Waals surface area contributed by atoms with E-state index in [4.69, 9.17) is 21.9 Å². The van der Waals surface area contributed by atoms with Crippen LogP contribution >= 0.6 is 38.9 Å². The summed E-state index contributed by atoms with van der Waals surface area (Å²) in [5.74, 6) is -0.396. The van der Waals surface area contributed by atoms with Crippen molar-refractivity contribution in [2.24, 2.45) is 5.73 Å². The first kappa shape index (κ1) is 24.9. The second kappa shape index (κ2) is 10.1. The molecule has 3 aromatic rings. The largest absolute Gasteiger partial charge is 0.369 e. The van der Waals surface area contributed by atoms with Gasteiger partial charge in [0.2, 0.25) is 5.91 Å². The lowest BCUT2D eigenvalue weighted by Gasteiger charge is -2.34. The van der Waals surface area contributed by atoms with Gasteiger partial charge in [-0.05, 0) is 77.2 Å². The first-order valence-electron chi connectivity index (χ1n) is 9.66. The molecule has 4 rings (SSSR count). The Morgan fingerprint density at radius 1 is 1.16 bits per heavy atom. The zero-order valence-electron chi connectivity index (χ0n) is 17.5. The number of anilines is 1. The van der Waals surface area contributed by atoms with Crippen molar-refractivity contribution in [2.75, 3.05) is 38.1 Å². The Labute approximate surface area is 204 Å². The number of hydrogen-bond acceptors (Lipinski definition) is 6. The zero-order valence-corrected chi connectivity index (χ0v) is 21.5. The summed E-state index contributed by atoms with van der Waals surface area (Å²) in [5, 5.41) is 1.31. The fraction of sp³-hybridized carbons (Fsp3) is 0.286. The smallest absolute Gasteiger partial charge is 0.304 e. The van der Waals surface area contributed by atoms with Crippen molar-refractivity contribution in [3.63, 3.8) is 0 Å². The van der Waals surface area contributed by atoms with E-state index < -0.39 is 16.0 Å². The molecule has 1 aromatic heterocycles. The van der Waals surface area contributed by atoms with E-state index in [1.165, 1.54) is 0 Å². The van der Waals surface area contributed by atoms with Crippen LogP contribution < -0.4 is 10.6 Å². The van der Waals surface area contributed by atoms with E-state index in [9.17, 15) is 13.2 Å². The molecule has 1 aliphatic heterocycles. The van der Waals surface area contributed by atoms with E-state index in [2.05, 4.69) is 32.8 Å². The highest BCUT2D eigenvalue weighted by Crippen LogP contribution is 2.35. The molecule has 0 unspecified atom stereocenters. The number of nitrogens with two attached hydrogens (primary N) is 1. The molecular weight excluding hydrogens is 538 g/mol. The molecule has 2 aromatic carbocycles. The second-order valence-corrected chi connectivity index (χ2v) is 11.4. The minimum Gasteiger partial charge on any atom is -0.369 e. The second-order valence-electron chi connectivity index (χ2n) is 7.45. The number of likely N-dealkylation sites (N-methyl/N-ethyl adjacent to an activating group) is 1. The molecule has 0 radical (unpaired) electrons. The summed E-state index contributed by atoms with van der Waals surface area (Å²) in [6.45, 7) is 5.70. The van der Waals surface area contributed by atoms with E-state index >= 15 is 0 Å². The molecule has 1 amide bonds. The third-order valence-electron chi connectivity index (χ3n) is 5.17. The molecule has 1 fully saturated rings. The van der Waals surface area contributed by atoms with Gasteiger partial charge in [-0.15, -0.1) is 11.3 Å². The zero-order chi connectivity index (χ0) is 23.6. The predicted octanol–water partition coefficient (Wildman–Crippen LogP) is 4.41. The Kier molecular flexibility index (Phi) is 7.85. The van der Waals surface area contributed by atoms with Crippen molar-refractivity contribution in [3.05, 3.63) is 57.0 Å². The van der Waals surface area contributed by atoms with Crippen LogP contribution in [0.15, 0.2) is 45.1 Å². The molecule has 0 atom stereocenters. The number of nitrogens with zero attached hydrogens (tertiary/aromatic N) is 2. The first-order chi connectivity index (χ1) is 15.0. The van der Waals surface area contributed by atoms with E-state index in [1.54, 1.807) is 25.1 Å². The molecule has 32 heavy (non-hydrogen) atoms. The highest BCUT2D eigenvalue weighted by molar-refractivity contribution is 9.10. The van der Waals surface area contributed by atoms with Gasteiger partial charge in [-0.3, -0.25) is 9.35 Å². The van der Waals surface area contributed by atoms with Gasteiger partial charge in [-0.25, -0.2) is 0 Å². The van der Waals surface area contributed by atoms with Crippen LogP contribution in [-0.2, 0) is 10.1 Å². The summed E-state index contributed by atoms with van der Waals surface area (Å²) in [7, 11) is -2.01. The summed E-state index contributed by atoms with van der Waals surface area (Å²) in [6, 6.07) is 10.9. The number of piperazine rings is 1. The Hall–Kier alpha value is -1.69. The van der Waals surface area contributed by atoms with E-state index in [1.807, 2.05) is 18.2 Å². The highest BCUT2D eigenvalue weighted by Gasteiger charge is 2.19. The molecule has 7 nitrogen and oxygen atoms in total. The van der Waals surface area contributed by atoms with E-state index in [0.717, 1.165) is 57.8 Å². The minimum absolute atomic E-state index is 0.0141. The normalized spacial score (nSPS) is 14.8. The van der Waals surface area contributed by atoms with Gasteiger partial charge in [-0.2, -0.15) is 8.42 Å². The minimum atomic E-state index is -4.13. The van der Waals surface area contributed by atoms with Gasteiger partial charge < -0.3 is 15.5 Å². The van der Waals surface area contributed by atoms with Gasteiger partial charge in [0.15, 0.2) is 4.21 Å². The van der Waals surface area contributed by atoms with Gasteiger partial charge in [0.1, 0.15) is 0 Å². The van der Waals surface area contributed by atoms with Crippen molar-refractivity contribution in [1.82, 2.24) is 4.90 Å². The van der Waals surface area contributed by atoms with Crippen LogP contribution in [0.5, 0.6) is 0 Å². The van der Waals surface area contributed by atoms with E-state index in [0.29, 0.717) is 16.1 Å². The molecule has 0 aliphatic carbocycles. The molecule has 172 valence electrons. The summed E-state index contributed by atoms with van der Waals surface area (Å²) in [4.78, 5) is 15.8. The third kappa shape index (κ3) is 5.81. The summed E-state index contributed by atoms with van der Waals surface area (Å²) in [5.41, 5.74) is 7.49. The fourth-order valence-corrected chi connectivity index (χ4v) is 6.10. The lowest BCUT2D eigenvalue weighted by atomic mass is 10.1. The first-order valence-corrected chi connectivity index (χ1v) is 13.1. The lowest BCUT2D eigenvalue weighted by molar-refractivity contribution is 0.0999. The molecular formula is C21H23BrClN3O4S2. The molecule has 2 heterocycles. The van der Waals surface area contributed by atoms with Crippen LogP contribution in [0, 0.1) is 6.92 Å². The number of thiophene rings is 1. The maximum atomic E-state index is 11.3. The molecule has 0 saturated carbocycles. The quantitative estimate of drug-likeness (QED) is 0.460.